The van der Waals surface area contributed by atoms with Crippen molar-refractivity contribution in [1.29, 1.82) is 0 Å². The highest BCUT2D eigenvalue weighted by atomic mass is 32.2. The Kier molecular flexibility index (Phi) is 3.80. The van der Waals surface area contributed by atoms with E-state index in [4.69, 9.17) is 0 Å². The largest absolute Gasteiger partial charge is 0.358 e. The number of aryl methyl sites for hydroxylation is 1. The Balaban J connectivity index is 1.93. The van der Waals surface area contributed by atoms with Crippen molar-refractivity contribution in [2.75, 3.05) is 12.3 Å². The normalized spacial score (nSPS) is 16.3. The molecule has 1 N–H and O–H groups in total. The minimum absolute atomic E-state index is 0.264. The van der Waals surface area contributed by atoms with E-state index >= 15 is 0 Å². The SMILES string of the molecule is CCCCS(=O)(=O)N1CCc2[nH]c3cc(C)ccc3c2C1. The molecule has 1 aromatic heterocycles. The fourth-order valence-electron chi connectivity index (χ4n) is 3.00. The molecule has 0 aliphatic carbocycles. The number of hydrogen-bond acceptors (Lipinski definition) is 2. The molecule has 4 nitrogen and oxygen atoms in total. The van der Waals surface area contributed by atoms with E-state index in [1.165, 1.54) is 11.3 Å². The van der Waals surface area contributed by atoms with Gasteiger partial charge >= 0.3 is 0 Å². The lowest BCUT2D eigenvalue weighted by Gasteiger charge is -2.26. The molecule has 0 saturated heterocycles. The fourth-order valence-corrected chi connectivity index (χ4v) is 4.61. The van der Waals surface area contributed by atoms with Crippen LogP contribution in [0.25, 0.3) is 10.9 Å². The van der Waals surface area contributed by atoms with Crippen LogP contribution in [0.3, 0.4) is 0 Å². The second-order valence-electron chi connectivity index (χ2n) is 5.88. The van der Waals surface area contributed by atoms with Gasteiger partial charge in [-0.2, -0.15) is 4.31 Å². The van der Waals surface area contributed by atoms with Gasteiger partial charge in [-0.15, -0.1) is 0 Å². The number of fused-ring (bicyclic) bond motifs is 3. The Morgan fingerprint density at radius 3 is 2.90 bits per heavy atom. The van der Waals surface area contributed by atoms with E-state index in [2.05, 4.69) is 30.1 Å². The Labute approximate surface area is 126 Å². The van der Waals surface area contributed by atoms with Crippen LogP contribution < -0.4 is 0 Å². The number of rotatable bonds is 4. The van der Waals surface area contributed by atoms with Gasteiger partial charge in [-0.1, -0.05) is 25.5 Å². The van der Waals surface area contributed by atoms with Crippen molar-refractivity contribution in [3.63, 3.8) is 0 Å². The zero-order valence-corrected chi connectivity index (χ0v) is 13.5. The second-order valence-corrected chi connectivity index (χ2v) is 7.97. The summed E-state index contributed by atoms with van der Waals surface area (Å²) in [5, 5.41) is 1.16. The molecule has 0 radical (unpaired) electrons. The van der Waals surface area contributed by atoms with E-state index in [-0.39, 0.29) is 5.75 Å². The summed E-state index contributed by atoms with van der Waals surface area (Å²) in [5.41, 5.74) is 4.68. The Hall–Kier alpha value is -1.33. The van der Waals surface area contributed by atoms with Crippen LogP contribution in [-0.4, -0.2) is 30.0 Å². The van der Waals surface area contributed by atoms with Crippen molar-refractivity contribution < 1.29 is 8.42 Å². The number of nitrogens with zero attached hydrogens (tertiary/aromatic N) is 1. The van der Waals surface area contributed by atoms with Gasteiger partial charge in [-0.05, 0) is 30.5 Å². The standard InChI is InChI=1S/C16H22N2O2S/c1-3-4-9-21(19,20)18-8-7-15-14(11-18)13-6-5-12(2)10-16(13)17-15/h5-6,10,17H,3-4,7-9,11H2,1-2H3. The van der Waals surface area contributed by atoms with Crippen LogP contribution in [0.4, 0.5) is 0 Å². The molecule has 2 heterocycles. The zero-order chi connectivity index (χ0) is 15.0. The number of aromatic amines is 1. The summed E-state index contributed by atoms with van der Waals surface area (Å²) in [4.78, 5) is 3.45. The van der Waals surface area contributed by atoms with Gasteiger partial charge in [-0.25, -0.2) is 8.42 Å². The molecule has 0 spiro atoms. The van der Waals surface area contributed by atoms with Crippen LogP contribution in [0.15, 0.2) is 18.2 Å². The van der Waals surface area contributed by atoms with Gasteiger partial charge in [0.25, 0.3) is 0 Å². The summed E-state index contributed by atoms with van der Waals surface area (Å²) in [6.45, 7) is 5.18. The average Bonchev–Trinajstić information content (AvgIpc) is 2.81. The molecule has 0 amide bonds. The summed E-state index contributed by atoms with van der Waals surface area (Å²) in [6, 6.07) is 6.31. The topological polar surface area (TPSA) is 53.2 Å². The molecule has 114 valence electrons. The average molecular weight is 306 g/mol. The predicted octanol–water partition coefficient (Wildman–Crippen LogP) is 2.96. The van der Waals surface area contributed by atoms with Crippen molar-refractivity contribution in [3.8, 4) is 0 Å². The molecule has 3 rings (SSSR count). The quantitative estimate of drug-likeness (QED) is 0.944. The Morgan fingerprint density at radius 2 is 2.14 bits per heavy atom. The summed E-state index contributed by atoms with van der Waals surface area (Å²) in [7, 11) is -3.12. The smallest absolute Gasteiger partial charge is 0.214 e. The highest BCUT2D eigenvalue weighted by molar-refractivity contribution is 7.89. The third-order valence-electron chi connectivity index (χ3n) is 4.24. The molecule has 0 unspecified atom stereocenters. The summed E-state index contributed by atoms with van der Waals surface area (Å²) in [5.74, 6) is 0.264. The molecular formula is C16H22N2O2S. The van der Waals surface area contributed by atoms with E-state index in [0.29, 0.717) is 13.1 Å². The van der Waals surface area contributed by atoms with Gasteiger partial charge in [0.05, 0.1) is 5.75 Å². The first-order chi connectivity index (χ1) is 10.0. The minimum atomic E-state index is -3.12. The molecule has 0 bridgehead atoms. The molecule has 0 fully saturated rings. The maximum atomic E-state index is 12.4. The van der Waals surface area contributed by atoms with E-state index in [0.717, 1.165) is 35.7 Å². The maximum Gasteiger partial charge on any atom is 0.214 e. The number of H-pyrrole nitrogens is 1. The summed E-state index contributed by atoms with van der Waals surface area (Å²) in [6.07, 6.45) is 2.41. The van der Waals surface area contributed by atoms with Crippen molar-refractivity contribution >= 4 is 20.9 Å². The molecule has 1 aromatic carbocycles. The van der Waals surface area contributed by atoms with Gasteiger partial charge in [0.2, 0.25) is 10.0 Å². The van der Waals surface area contributed by atoms with Gasteiger partial charge in [0, 0.05) is 36.1 Å². The lowest BCUT2D eigenvalue weighted by molar-refractivity contribution is 0.390. The first kappa shape index (κ1) is 14.6. The van der Waals surface area contributed by atoms with Crippen LogP contribution in [0.2, 0.25) is 0 Å². The molecule has 0 atom stereocenters. The summed E-state index contributed by atoms with van der Waals surface area (Å²) < 4.78 is 26.4. The number of unbranched alkanes of at least 4 members (excludes halogenated alkanes) is 1. The maximum absolute atomic E-state index is 12.4. The predicted molar refractivity (Wildman–Crippen MR) is 85.8 cm³/mol. The third kappa shape index (κ3) is 2.72. The molecular weight excluding hydrogens is 284 g/mol. The highest BCUT2D eigenvalue weighted by Crippen LogP contribution is 2.29. The van der Waals surface area contributed by atoms with Crippen molar-refractivity contribution in [2.24, 2.45) is 0 Å². The fraction of sp³-hybridized carbons (Fsp3) is 0.500. The lowest BCUT2D eigenvalue weighted by atomic mass is 10.1. The molecule has 0 saturated carbocycles. The van der Waals surface area contributed by atoms with Crippen LogP contribution in [0.5, 0.6) is 0 Å². The first-order valence-corrected chi connectivity index (χ1v) is 9.20. The monoisotopic (exact) mass is 306 g/mol. The van der Waals surface area contributed by atoms with E-state index in [1.807, 2.05) is 6.92 Å². The van der Waals surface area contributed by atoms with Crippen molar-refractivity contribution in [1.82, 2.24) is 9.29 Å². The molecule has 2 aromatic rings. The number of aromatic nitrogens is 1. The molecule has 1 aliphatic heterocycles. The molecule has 21 heavy (non-hydrogen) atoms. The number of sulfonamides is 1. The Bertz CT molecular complexity index is 762. The lowest BCUT2D eigenvalue weighted by Crippen LogP contribution is -2.37. The van der Waals surface area contributed by atoms with Crippen molar-refractivity contribution in [3.05, 3.63) is 35.0 Å². The van der Waals surface area contributed by atoms with Crippen LogP contribution >= 0.6 is 0 Å². The van der Waals surface area contributed by atoms with E-state index < -0.39 is 10.0 Å². The van der Waals surface area contributed by atoms with Gasteiger partial charge in [-0.3, -0.25) is 0 Å². The van der Waals surface area contributed by atoms with Gasteiger partial charge in [0.15, 0.2) is 0 Å². The Morgan fingerprint density at radius 1 is 1.33 bits per heavy atom. The van der Waals surface area contributed by atoms with Crippen LogP contribution in [0.1, 0.15) is 36.6 Å². The first-order valence-electron chi connectivity index (χ1n) is 7.59. The zero-order valence-electron chi connectivity index (χ0n) is 12.6. The van der Waals surface area contributed by atoms with Crippen molar-refractivity contribution in [2.45, 2.75) is 39.7 Å². The third-order valence-corrected chi connectivity index (χ3v) is 6.15. The van der Waals surface area contributed by atoms with Crippen LogP contribution in [0, 0.1) is 6.92 Å². The second kappa shape index (κ2) is 5.46. The number of nitrogens with one attached hydrogen (secondary N) is 1. The van der Waals surface area contributed by atoms with E-state index in [9.17, 15) is 8.42 Å². The minimum Gasteiger partial charge on any atom is -0.358 e. The number of hydrogen-bond donors (Lipinski definition) is 1. The molecule has 5 heteroatoms. The number of benzene rings is 1. The van der Waals surface area contributed by atoms with E-state index in [1.54, 1.807) is 4.31 Å². The molecule has 1 aliphatic rings. The van der Waals surface area contributed by atoms with Crippen LogP contribution in [-0.2, 0) is 23.0 Å². The summed E-state index contributed by atoms with van der Waals surface area (Å²) >= 11 is 0. The highest BCUT2D eigenvalue weighted by Gasteiger charge is 2.28. The van der Waals surface area contributed by atoms with Gasteiger partial charge < -0.3 is 4.98 Å². The van der Waals surface area contributed by atoms with Gasteiger partial charge in [0.1, 0.15) is 0 Å².